The van der Waals surface area contributed by atoms with Gasteiger partial charge in [-0.05, 0) is 50.6 Å². The number of piperidine rings is 1. The molecule has 2 atom stereocenters. The monoisotopic (exact) mass is 389 g/mol. The molecule has 1 aromatic heterocycles. The van der Waals surface area contributed by atoms with Crippen molar-refractivity contribution in [1.82, 2.24) is 14.9 Å². The van der Waals surface area contributed by atoms with Crippen molar-refractivity contribution in [2.45, 2.75) is 18.9 Å². The number of benzene rings is 1. The van der Waals surface area contributed by atoms with Crippen LogP contribution in [0.15, 0.2) is 36.7 Å². The lowest BCUT2D eigenvalue weighted by atomic mass is 9.99. The Morgan fingerprint density at radius 1 is 1.30 bits per heavy atom. The van der Waals surface area contributed by atoms with Gasteiger partial charge in [-0.1, -0.05) is 23.7 Å². The van der Waals surface area contributed by atoms with Crippen LogP contribution in [0.4, 0.5) is 11.6 Å². The normalized spacial score (nSPS) is 18.6. The maximum absolute atomic E-state index is 9.45. The first-order valence-corrected chi connectivity index (χ1v) is 9.78. The summed E-state index contributed by atoms with van der Waals surface area (Å²) in [6, 6.07) is 10.2. The van der Waals surface area contributed by atoms with Gasteiger partial charge in [-0.25, -0.2) is 9.97 Å². The molecule has 3 rings (SSSR count). The molecule has 0 saturated carbocycles. The number of anilines is 2. The van der Waals surface area contributed by atoms with Crippen LogP contribution in [0.25, 0.3) is 0 Å². The summed E-state index contributed by atoms with van der Waals surface area (Å²) in [7, 11) is 4.13. The first-order valence-electron chi connectivity index (χ1n) is 9.40. The molecule has 1 fully saturated rings. The first-order chi connectivity index (χ1) is 13.1. The number of likely N-dealkylation sites (N-methyl/N-ethyl adjacent to an activating group) is 1. The number of aromatic nitrogens is 2. The van der Waals surface area contributed by atoms with Gasteiger partial charge in [0.15, 0.2) is 0 Å². The average molecular weight is 390 g/mol. The zero-order valence-corrected chi connectivity index (χ0v) is 16.7. The van der Waals surface area contributed by atoms with E-state index in [1.165, 1.54) is 5.56 Å². The van der Waals surface area contributed by atoms with Crippen LogP contribution in [0.3, 0.4) is 0 Å². The van der Waals surface area contributed by atoms with Gasteiger partial charge in [0.05, 0.1) is 6.04 Å². The van der Waals surface area contributed by atoms with Gasteiger partial charge in [0.1, 0.15) is 18.0 Å². The quantitative estimate of drug-likeness (QED) is 0.758. The van der Waals surface area contributed by atoms with E-state index in [-0.39, 0.29) is 12.6 Å². The number of hydrogen-bond acceptors (Lipinski definition) is 6. The lowest BCUT2D eigenvalue weighted by molar-refractivity contribution is 0.208. The van der Waals surface area contributed by atoms with Gasteiger partial charge >= 0.3 is 0 Å². The molecular formula is C20H28ClN5O. The highest BCUT2D eigenvalue weighted by molar-refractivity contribution is 6.30. The Bertz CT molecular complexity index is 725. The standard InChI is InChI=1S/C20H28ClN5O/c1-25(2)18(16-5-7-17(21)8-6-16)11-22-19-10-20(24-14-23-19)26-9-3-4-15(12-26)13-27/h5-8,10,14-15,18,27H,3-4,9,11-13H2,1-2H3,(H,22,23,24). The second-order valence-corrected chi connectivity index (χ2v) is 7.75. The van der Waals surface area contributed by atoms with Crippen molar-refractivity contribution in [3.63, 3.8) is 0 Å². The van der Waals surface area contributed by atoms with Crippen LogP contribution in [0, 0.1) is 5.92 Å². The smallest absolute Gasteiger partial charge is 0.134 e. The summed E-state index contributed by atoms with van der Waals surface area (Å²) in [6.07, 6.45) is 3.76. The van der Waals surface area contributed by atoms with E-state index >= 15 is 0 Å². The Morgan fingerprint density at radius 3 is 2.78 bits per heavy atom. The molecule has 6 nitrogen and oxygen atoms in total. The summed E-state index contributed by atoms with van der Waals surface area (Å²) in [4.78, 5) is 13.2. The van der Waals surface area contributed by atoms with E-state index in [2.05, 4.69) is 51.3 Å². The molecular weight excluding hydrogens is 362 g/mol. The largest absolute Gasteiger partial charge is 0.396 e. The van der Waals surface area contributed by atoms with Crippen LogP contribution >= 0.6 is 11.6 Å². The predicted molar refractivity (Wildman–Crippen MR) is 110 cm³/mol. The van der Waals surface area contributed by atoms with Crippen LogP contribution in [-0.4, -0.2) is 60.3 Å². The molecule has 1 aliphatic heterocycles. The summed E-state index contributed by atoms with van der Waals surface area (Å²) in [6.45, 7) is 2.78. The highest BCUT2D eigenvalue weighted by Crippen LogP contribution is 2.24. The van der Waals surface area contributed by atoms with E-state index in [4.69, 9.17) is 11.6 Å². The highest BCUT2D eigenvalue weighted by atomic mass is 35.5. The third kappa shape index (κ3) is 5.31. The van der Waals surface area contributed by atoms with E-state index < -0.39 is 0 Å². The van der Waals surface area contributed by atoms with Gasteiger partial charge in [0.25, 0.3) is 0 Å². The minimum Gasteiger partial charge on any atom is -0.396 e. The zero-order valence-electron chi connectivity index (χ0n) is 16.0. The summed E-state index contributed by atoms with van der Waals surface area (Å²) in [5.74, 6) is 2.05. The number of hydrogen-bond donors (Lipinski definition) is 2. The van der Waals surface area contributed by atoms with E-state index in [9.17, 15) is 5.11 Å². The van der Waals surface area contributed by atoms with Crippen LogP contribution in [0.1, 0.15) is 24.4 Å². The molecule has 0 radical (unpaired) electrons. The lowest BCUT2D eigenvalue weighted by Crippen LogP contribution is -2.37. The number of rotatable bonds is 7. The summed E-state index contributed by atoms with van der Waals surface area (Å²) < 4.78 is 0. The molecule has 1 saturated heterocycles. The molecule has 2 N–H and O–H groups in total. The zero-order chi connectivity index (χ0) is 19.2. The maximum Gasteiger partial charge on any atom is 0.134 e. The number of halogens is 1. The highest BCUT2D eigenvalue weighted by Gasteiger charge is 2.21. The number of nitrogens with one attached hydrogen (secondary N) is 1. The summed E-state index contributed by atoms with van der Waals surface area (Å²) in [5.41, 5.74) is 1.20. The fourth-order valence-electron chi connectivity index (χ4n) is 3.52. The molecule has 0 amide bonds. The maximum atomic E-state index is 9.45. The fraction of sp³-hybridized carbons (Fsp3) is 0.500. The first kappa shape index (κ1) is 19.9. The van der Waals surface area contributed by atoms with Gasteiger partial charge in [0, 0.05) is 37.3 Å². The number of aliphatic hydroxyl groups excluding tert-OH is 1. The minimum atomic E-state index is 0.203. The van der Waals surface area contributed by atoms with Crippen molar-refractivity contribution < 1.29 is 5.11 Å². The lowest BCUT2D eigenvalue weighted by Gasteiger charge is -2.32. The third-order valence-corrected chi connectivity index (χ3v) is 5.36. The fourth-order valence-corrected chi connectivity index (χ4v) is 3.65. The topological polar surface area (TPSA) is 64.5 Å². The SMILES string of the molecule is CN(C)C(CNc1cc(N2CCCC(CO)C2)ncn1)c1ccc(Cl)cc1. The van der Waals surface area contributed by atoms with Gasteiger partial charge in [0.2, 0.25) is 0 Å². The molecule has 0 spiro atoms. The number of aliphatic hydroxyl groups is 1. The minimum absolute atomic E-state index is 0.203. The third-order valence-electron chi connectivity index (χ3n) is 5.11. The Kier molecular flexibility index (Phi) is 6.88. The molecule has 1 aliphatic rings. The summed E-state index contributed by atoms with van der Waals surface area (Å²) in [5, 5.41) is 13.6. The Morgan fingerprint density at radius 2 is 2.07 bits per heavy atom. The van der Waals surface area contributed by atoms with Gasteiger partial charge in [-0.3, -0.25) is 0 Å². The number of nitrogens with zero attached hydrogens (tertiary/aromatic N) is 4. The van der Waals surface area contributed by atoms with Crippen LogP contribution < -0.4 is 10.2 Å². The van der Waals surface area contributed by atoms with Crippen LogP contribution in [0.2, 0.25) is 5.02 Å². The van der Waals surface area contributed by atoms with E-state index in [1.807, 2.05) is 18.2 Å². The molecule has 0 aliphatic carbocycles. The molecule has 2 unspecified atom stereocenters. The Balaban J connectivity index is 1.67. The second-order valence-electron chi connectivity index (χ2n) is 7.31. The molecule has 1 aromatic carbocycles. The molecule has 2 aromatic rings. The van der Waals surface area contributed by atoms with E-state index in [1.54, 1.807) is 6.33 Å². The Hall–Kier alpha value is -1.89. The van der Waals surface area contributed by atoms with Gasteiger partial charge in [-0.15, -0.1) is 0 Å². The van der Waals surface area contributed by atoms with Crippen LogP contribution in [-0.2, 0) is 0 Å². The van der Waals surface area contributed by atoms with E-state index in [0.29, 0.717) is 5.92 Å². The molecule has 27 heavy (non-hydrogen) atoms. The average Bonchev–Trinajstić information content (AvgIpc) is 2.69. The van der Waals surface area contributed by atoms with Crippen molar-refractivity contribution in [1.29, 1.82) is 0 Å². The second kappa shape index (κ2) is 9.35. The van der Waals surface area contributed by atoms with Crippen molar-refractivity contribution in [3.8, 4) is 0 Å². The van der Waals surface area contributed by atoms with Gasteiger partial charge in [-0.2, -0.15) is 0 Å². The van der Waals surface area contributed by atoms with Gasteiger partial charge < -0.3 is 20.2 Å². The van der Waals surface area contributed by atoms with Crippen molar-refractivity contribution in [2.75, 3.05) is 50.6 Å². The van der Waals surface area contributed by atoms with E-state index in [0.717, 1.165) is 49.1 Å². The van der Waals surface area contributed by atoms with Crippen LogP contribution in [0.5, 0.6) is 0 Å². The Labute approximate surface area is 166 Å². The van der Waals surface area contributed by atoms with Crippen molar-refractivity contribution >= 4 is 23.2 Å². The van der Waals surface area contributed by atoms with Crippen molar-refractivity contribution in [2.24, 2.45) is 5.92 Å². The summed E-state index contributed by atoms with van der Waals surface area (Å²) >= 11 is 6.01. The molecule has 2 heterocycles. The molecule has 0 bridgehead atoms. The van der Waals surface area contributed by atoms with Crippen molar-refractivity contribution in [3.05, 3.63) is 47.2 Å². The molecule has 146 valence electrons. The molecule has 7 heteroatoms. The predicted octanol–water partition coefficient (Wildman–Crippen LogP) is 3.05.